The van der Waals surface area contributed by atoms with Crippen molar-refractivity contribution in [2.45, 2.75) is 44.4 Å². The van der Waals surface area contributed by atoms with Crippen LogP contribution in [0.4, 0.5) is 13.2 Å². The first kappa shape index (κ1) is 16.6. The van der Waals surface area contributed by atoms with Crippen molar-refractivity contribution >= 4 is 23.2 Å². The summed E-state index contributed by atoms with van der Waals surface area (Å²) >= 11 is 11.6. The summed E-state index contributed by atoms with van der Waals surface area (Å²) in [5.74, 6) is 0. The molecule has 1 atom stereocenters. The van der Waals surface area contributed by atoms with Crippen LogP contribution in [0.3, 0.4) is 0 Å². The van der Waals surface area contributed by atoms with Crippen LogP contribution >= 0.6 is 23.2 Å². The molecule has 0 bridgehead atoms. The molecule has 19 heavy (non-hydrogen) atoms. The second kappa shape index (κ2) is 6.33. The Hall–Kier alpha value is -0.450. The lowest BCUT2D eigenvalue weighted by molar-refractivity contribution is -0.137. The summed E-state index contributed by atoms with van der Waals surface area (Å²) in [5, 5.41) is 10.9. The van der Waals surface area contributed by atoms with E-state index in [1.807, 2.05) is 0 Å². The van der Waals surface area contributed by atoms with Gasteiger partial charge in [-0.05, 0) is 37.5 Å². The van der Waals surface area contributed by atoms with Crippen LogP contribution in [-0.2, 0) is 6.42 Å². The Labute approximate surface area is 120 Å². The molecule has 1 aromatic carbocycles. The number of alkyl halides is 3. The van der Waals surface area contributed by atoms with E-state index >= 15 is 0 Å². The standard InChI is InChI=1S/C13H15Cl2F3O/c1-12(19,5-2-6-13(16,17)18)8-9-3-4-10(14)11(15)7-9/h3-4,7,19H,2,5-6,8H2,1H3. The van der Waals surface area contributed by atoms with Crippen LogP contribution < -0.4 is 0 Å². The van der Waals surface area contributed by atoms with E-state index in [-0.39, 0.29) is 19.3 Å². The van der Waals surface area contributed by atoms with Crippen molar-refractivity contribution in [3.05, 3.63) is 33.8 Å². The molecule has 0 radical (unpaired) electrons. The van der Waals surface area contributed by atoms with E-state index in [1.54, 1.807) is 18.2 Å². The predicted octanol–water partition coefficient (Wildman–Crippen LogP) is 5.02. The fourth-order valence-electron chi connectivity index (χ4n) is 1.85. The summed E-state index contributed by atoms with van der Waals surface area (Å²) in [6, 6.07) is 4.92. The quantitative estimate of drug-likeness (QED) is 0.809. The Balaban J connectivity index is 2.56. The van der Waals surface area contributed by atoms with Crippen LogP contribution in [0.25, 0.3) is 0 Å². The van der Waals surface area contributed by atoms with Gasteiger partial charge < -0.3 is 5.11 Å². The van der Waals surface area contributed by atoms with Crippen molar-refractivity contribution in [2.24, 2.45) is 0 Å². The highest BCUT2D eigenvalue weighted by Gasteiger charge is 2.29. The molecule has 6 heteroatoms. The smallest absolute Gasteiger partial charge is 0.389 e. The summed E-state index contributed by atoms with van der Waals surface area (Å²) in [7, 11) is 0. The van der Waals surface area contributed by atoms with Gasteiger partial charge in [-0.25, -0.2) is 0 Å². The Bertz CT molecular complexity index is 430. The fraction of sp³-hybridized carbons (Fsp3) is 0.538. The molecule has 0 aliphatic rings. The van der Waals surface area contributed by atoms with Crippen molar-refractivity contribution in [1.29, 1.82) is 0 Å². The summed E-state index contributed by atoms with van der Waals surface area (Å²) in [6.45, 7) is 1.52. The minimum Gasteiger partial charge on any atom is -0.390 e. The molecule has 0 aliphatic carbocycles. The van der Waals surface area contributed by atoms with Gasteiger partial charge in [0.05, 0.1) is 15.6 Å². The first-order chi connectivity index (χ1) is 8.59. The van der Waals surface area contributed by atoms with Crippen molar-refractivity contribution < 1.29 is 18.3 Å². The van der Waals surface area contributed by atoms with E-state index in [4.69, 9.17) is 23.2 Å². The van der Waals surface area contributed by atoms with E-state index in [9.17, 15) is 18.3 Å². The van der Waals surface area contributed by atoms with Crippen LogP contribution in [0.2, 0.25) is 10.0 Å². The molecule has 0 aliphatic heterocycles. The predicted molar refractivity (Wildman–Crippen MR) is 70.7 cm³/mol. The minimum atomic E-state index is -4.18. The van der Waals surface area contributed by atoms with Gasteiger partial charge in [-0.3, -0.25) is 0 Å². The summed E-state index contributed by atoms with van der Waals surface area (Å²) < 4.78 is 36.1. The molecule has 0 saturated heterocycles. The molecule has 1 unspecified atom stereocenters. The van der Waals surface area contributed by atoms with Gasteiger partial charge in [0.15, 0.2) is 0 Å². The van der Waals surface area contributed by atoms with E-state index < -0.39 is 18.2 Å². The van der Waals surface area contributed by atoms with Crippen molar-refractivity contribution in [1.82, 2.24) is 0 Å². The molecule has 0 heterocycles. The molecule has 1 aromatic rings. The van der Waals surface area contributed by atoms with Gasteiger partial charge in [0.25, 0.3) is 0 Å². The summed E-state index contributed by atoms with van der Waals surface area (Å²) in [5.41, 5.74) is -0.450. The second-order valence-corrected chi connectivity index (χ2v) is 5.71. The van der Waals surface area contributed by atoms with Crippen LogP contribution in [0.15, 0.2) is 18.2 Å². The van der Waals surface area contributed by atoms with Crippen LogP contribution in [-0.4, -0.2) is 16.9 Å². The van der Waals surface area contributed by atoms with E-state index in [2.05, 4.69) is 0 Å². The molecule has 108 valence electrons. The summed E-state index contributed by atoms with van der Waals surface area (Å²) in [6.07, 6.45) is -4.85. The van der Waals surface area contributed by atoms with E-state index in [0.717, 1.165) is 5.56 Å². The number of benzene rings is 1. The number of halogens is 5. The van der Waals surface area contributed by atoms with Crippen molar-refractivity contribution in [2.75, 3.05) is 0 Å². The maximum atomic E-state index is 12.0. The monoisotopic (exact) mass is 314 g/mol. The number of rotatable bonds is 5. The molecular weight excluding hydrogens is 300 g/mol. The molecule has 0 aromatic heterocycles. The molecule has 0 spiro atoms. The SMILES string of the molecule is CC(O)(CCCC(F)(F)F)Cc1ccc(Cl)c(Cl)c1. The molecular formula is C13H15Cl2F3O. The van der Waals surface area contributed by atoms with Gasteiger partial charge in [-0.1, -0.05) is 29.3 Å². The highest BCUT2D eigenvalue weighted by Crippen LogP contribution is 2.28. The zero-order valence-corrected chi connectivity index (χ0v) is 11.9. The zero-order valence-electron chi connectivity index (χ0n) is 10.4. The Morgan fingerprint density at radius 3 is 2.26 bits per heavy atom. The van der Waals surface area contributed by atoms with Gasteiger partial charge in [0, 0.05) is 12.8 Å². The molecule has 0 fully saturated rings. The maximum Gasteiger partial charge on any atom is 0.389 e. The third kappa shape index (κ3) is 6.50. The topological polar surface area (TPSA) is 20.2 Å². The van der Waals surface area contributed by atoms with Gasteiger partial charge >= 0.3 is 6.18 Å². The van der Waals surface area contributed by atoms with Crippen LogP contribution in [0, 0.1) is 0 Å². The van der Waals surface area contributed by atoms with Gasteiger partial charge in [-0.2, -0.15) is 13.2 Å². The van der Waals surface area contributed by atoms with Gasteiger partial charge in [-0.15, -0.1) is 0 Å². The largest absolute Gasteiger partial charge is 0.390 e. The Kier molecular flexibility index (Phi) is 5.53. The zero-order chi connectivity index (χ0) is 14.7. The average molecular weight is 315 g/mol. The normalized spacial score (nSPS) is 15.3. The second-order valence-electron chi connectivity index (χ2n) is 4.89. The number of aliphatic hydroxyl groups is 1. The molecule has 0 amide bonds. The maximum absolute atomic E-state index is 12.0. The van der Waals surface area contributed by atoms with Gasteiger partial charge in [0.2, 0.25) is 0 Å². The molecule has 1 N–H and O–H groups in total. The number of hydrogen-bond donors (Lipinski definition) is 1. The lowest BCUT2D eigenvalue weighted by atomic mass is 9.91. The highest BCUT2D eigenvalue weighted by atomic mass is 35.5. The Morgan fingerprint density at radius 2 is 1.74 bits per heavy atom. The average Bonchev–Trinajstić information content (AvgIpc) is 2.20. The highest BCUT2D eigenvalue weighted by molar-refractivity contribution is 6.42. The Morgan fingerprint density at radius 1 is 1.11 bits per heavy atom. The van der Waals surface area contributed by atoms with Crippen molar-refractivity contribution in [3.8, 4) is 0 Å². The van der Waals surface area contributed by atoms with Crippen LogP contribution in [0.1, 0.15) is 31.7 Å². The minimum absolute atomic E-state index is 0.0761. The van der Waals surface area contributed by atoms with Crippen molar-refractivity contribution in [3.63, 3.8) is 0 Å². The molecule has 1 rings (SSSR count). The van der Waals surface area contributed by atoms with E-state index in [1.165, 1.54) is 6.92 Å². The van der Waals surface area contributed by atoms with Crippen LogP contribution in [0.5, 0.6) is 0 Å². The third-order valence-electron chi connectivity index (χ3n) is 2.74. The molecule has 1 nitrogen and oxygen atoms in total. The first-order valence-corrected chi connectivity index (χ1v) is 6.58. The number of hydrogen-bond acceptors (Lipinski definition) is 1. The van der Waals surface area contributed by atoms with E-state index in [0.29, 0.717) is 10.0 Å². The van der Waals surface area contributed by atoms with Gasteiger partial charge in [0.1, 0.15) is 0 Å². The third-order valence-corrected chi connectivity index (χ3v) is 3.48. The molecule has 0 saturated carbocycles. The lowest BCUT2D eigenvalue weighted by Crippen LogP contribution is -2.27. The summed E-state index contributed by atoms with van der Waals surface area (Å²) in [4.78, 5) is 0. The first-order valence-electron chi connectivity index (χ1n) is 5.82. The lowest BCUT2D eigenvalue weighted by Gasteiger charge is -2.23. The fourth-order valence-corrected chi connectivity index (χ4v) is 2.17.